The second kappa shape index (κ2) is 8.32. The number of urea groups is 1. The Labute approximate surface area is 115 Å². The lowest BCUT2D eigenvalue weighted by Gasteiger charge is -2.14. The first-order valence-corrected chi connectivity index (χ1v) is 7.23. The topological polar surface area (TPSA) is 162 Å². The van der Waals surface area contributed by atoms with E-state index in [9.17, 15) is 22.8 Å². The summed E-state index contributed by atoms with van der Waals surface area (Å²) in [4.78, 5) is 32.4. The predicted molar refractivity (Wildman–Crippen MR) is 67.7 cm³/mol. The van der Waals surface area contributed by atoms with Crippen molar-refractivity contribution in [3.63, 3.8) is 0 Å². The van der Waals surface area contributed by atoms with Crippen molar-refractivity contribution in [2.45, 2.75) is 18.9 Å². The molecule has 0 aliphatic rings. The van der Waals surface area contributed by atoms with E-state index in [1.54, 1.807) is 0 Å². The maximum Gasteiger partial charge on any atom is 0.326 e. The number of carbonyl (C=O) groups is 3. The first-order valence-electron chi connectivity index (χ1n) is 5.58. The molecule has 2 amide bonds. The van der Waals surface area contributed by atoms with Gasteiger partial charge in [-0.25, -0.2) is 22.7 Å². The monoisotopic (exact) mass is 311 g/mol. The number of carbonyl (C=O) groups excluding carboxylic acids is 1. The Kier molecular flexibility index (Phi) is 7.54. The van der Waals surface area contributed by atoms with Gasteiger partial charge in [0.15, 0.2) is 0 Å². The minimum absolute atomic E-state index is 0.208. The molecule has 0 bridgehead atoms. The van der Waals surface area contributed by atoms with Crippen LogP contribution in [0.5, 0.6) is 0 Å². The number of carboxylic acids is 2. The largest absolute Gasteiger partial charge is 0.481 e. The molecular weight excluding hydrogens is 294 g/mol. The van der Waals surface area contributed by atoms with Crippen molar-refractivity contribution in [2.24, 2.45) is 0 Å². The van der Waals surface area contributed by atoms with Gasteiger partial charge in [0.2, 0.25) is 10.0 Å². The van der Waals surface area contributed by atoms with Gasteiger partial charge in [-0.15, -0.1) is 0 Å². The average Bonchev–Trinajstić information content (AvgIpc) is 2.33. The van der Waals surface area contributed by atoms with Crippen LogP contribution in [0.15, 0.2) is 0 Å². The Morgan fingerprint density at radius 2 is 1.80 bits per heavy atom. The van der Waals surface area contributed by atoms with Gasteiger partial charge in [-0.3, -0.25) is 4.79 Å². The van der Waals surface area contributed by atoms with Crippen LogP contribution in [0, 0.1) is 0 Å². The van der Waals surface area contributed by atoms with E-state index in [1.807, 2.05) is 10.0 Å². The fourth-order valence-electron chi connectivity index (χ4n) is 1.14. The zero-order chi connectivity index (χ0) is 15.8. The first-order chi connectivity index (χ1) is 9.18. The van der Waals surface area contributed by atoms with Crippen LogP contribution in [0.3, 0.4) is 0 Å². The number of sulfonamides is 1. The average molecular weight is 311 g/mol. The van der Waals surface area contributed by atoms with Gasteiger partial charge < -0.3 is 20.8 Å². The van der Waals surface area contributed by atoms with E-state index >= 15 is 0 Å². The fourth-order valence-corrected chi connectivity index (χ4v) is 1.71. The molecule has 0 aliphatic carbocycles. The molecule has 11 heteroatoms. The Morgan fingerprint density at radius 1 is 1.20 bits per heavy atom. The highest BCUT2D eigenvalue weighted by molar-refractivity contribution is 7.89. The van der Waals surface area contributed by atoms with E-state index in [0.717, 1.165) is 0 Å². The third-order valence-corrected chi connectivity index (χ3v) is 3.58. The molecule has 0 aromatic rings. The molecule has 0 radical (unpaired) electrons. The molecule has 0 fully saturated rings. The number of aliphatic carboxylic acids is 2. The third-order valence-electron chi connectivity index (χ3n) is 2.22. The number of hydrogen-bond acceptors (Lipinski definition) is 5. The summed E-state index contributed by atoms with van der Waals surface area (Å²) in [5.74, 6) is -2.91. The smallest absolute Gasteiger partial charge is 0.326 e. The molecule has 0 aromatic carbocycles. The highest BCUT2D eigenvalue weighted by atomic mass is 32.2. The summed E-state index contributed by atoms with van der Waals surface area (Å²) < 4.78 is 24.1. The summed E-state index contributed by atoms with van der Waals surface area (Å²) in [6.45, 7) is -0.208. The fraction of sp³-hybridized carbons (Fsp3) is 0.667. The van der Waals surface area contributed by atoms with Crippen LogP contribution >= 0.6 is 0 Å². The van der Waals surface area contributed by atoms with E-state index in [1.165, 1.54) is 7.05 Å². The molecule has 0 aromatic heterocycles. The molecule has 5 N–H and O–H groups in total. The van der Waals surface area contributed by atoms with Crippen molar-refractivity contribution in [2.75, 3.05) is 19.3 Å². The van der Waals surface area contributed by atoms with Crippen molar-refractivity contribution in [3.05, 3.63) is 0 Å². The lowest BCUT2D eigenvalue weighted by Crippen LogP contribution is -2.47. The summed E-state index contributed by atoms with van der Waals surface area (Å²) in [6, 6.07) is -2.24. The van der Waals surface area contributed by atoms with Crippen LogP contribution in [0.1, 0.15) is 12.8 Å². The molecule has 116 valence electrons. The van der Waals surface area contributed by atoms with Crippen molar-refractivity contribution in [3.8, 4) is 0 Å². The Morgan fingerprint density at radius 3 is 2.25 bits per heavy atom. The van der Waals surface area contributed by atoms with E-state index in [2.05, 4.69) is 5.32 Å². The minimum atomic E-state index is -3.47. The molecule has 1 unspecified atom stereocenters. The van der Waals surface area contributed by atoms with Crippen LogP contribution in [0.25, 0.3) is 0 Å². The van der Waals surface area contributed by atoms with Crippen molar-refractivity contribution in [1.82, 2.24) is 15.4 Å². The predicted octanol–water partition coefficient (Wildman–Crippen LogP) is -1.85. The lowest BCUT2D eigenvalue weighted by molar-refractivity contribution is -0.140. The quantitative estimate of drug-likeness (QED) is 0.334. The lowest BCUT2D eigenvalue weighted by atomic mass is 10.1. The Hall–Kier alpha value is -1.88. The standard InChI is InChI=1S/C9H17N3O7S/c1-10-20(18,19)5-4-11-9(17)12-6(8(15)16)2-3-7(13)14/h6,10H,2-5H2,1H3,(H,13,14)(H,15,16)(H2,11,12,17). The van der Waals surface area contributed by atoms with E-state index < -0.39 is 40.5 Å². The summed E-state index contributed by atoms with van der Waals surface area (Å²) >= 11 is 0. The molecule has 0 spiro atoms. The van der Waals surface area contributed by atoms with Gasteiger partial charge in [-0.1, -0.05) is 0 Å². The zero-order valence-electron chi connectivity index (χ0n) is 10.7. The summed E-state index contributed by atoms with van der Waals surface area (Å²) in [5, 5.41) is 21.4. The highest BCUT2D eigenvalue weighted by Gasteiger charge is 2.20. The summed E-state index contributed by atoms with van der Waals surface area (Å²) in [6.07, 6.45) is -0.682. The molecule has 10 nitrogen and oxygen atoms in total. The number of rotatable bonds is 9. The second-order valence-electron chi connectivity index (χ2n) is 3.75. The SMILES string of the molecule is CNS(=O)(=O)CCNC(=O)NC(CCC(=O)O)C(=O)O. The van der Waals surface area contributed by atoms with Gasteiger partial charge in [-0.05, 0) is 13.5 Å². The molecule has 0 rings (SSSR count). The van der Waals surface area contributed by atoms with Crippen LogP contribution in [0.2, 0.25) is 0 Å². The molecule has 0 saturated carbocycles. The highest BCUT2D eigenvalue weighted by Crippen LogP contribution is 1.97. The molecule has 1 atom stereocenters. The van der Waals surface area contributed by atoms with Crippen LogP contribution in [-0.4, -0.2) is 62.0 Å². The summed E-state index contributed by atoms with van der Waals surface area (Å²) in [7, 11) is -2.24. The second-order valence-corrected chi connectivity index (χ2v) is 5.79. The van der Waals surface area contributed by atoms with Gasteiger partial charge in [0.25, 0.3) is 0 Å². The normalized spacial score (nSPS) is 12.4. The number of carboxylic acid groups (broad SMARTS) is 2. The van der Waals surface area contributed by atoms with Gasteiger partial charge in [0, 0.05) is 13.0 Å². The Balaban J connectivity index is 4.20. The first kappa shape index (κ1) is 18.1. The maximum absolute atomic E-state index is 11.3. The molecule has 0 heterocycles. The third kappa shape index (κ3) is 8.26. The van der Waals surface area contributed by atoms with E-state index in [0.29, 0.717) is 0 Å². The number of amides is 2. The zero-order valence-corrected chi connectivity index (χ0v) is 11.6. The van der Waals surface area contributed by atoms with Crippen molar-refractivity contribution >= 4 is 28.0 Å². The van der Waals surface area contributed by atoms with E-state index in [4.69, 9.17) is 10.2 Å². The maximum atomic E-state index is 11.3. The summed E-state index contributed by atoms with van der Waals surface area (Å²) in [5.41, 5.74) is 0. The van der Waals surface area contributed by atoms with Crippen LogP contribution in [0.4, 0.5) is 4.79 Å². The van der Waals surface area contributed by atoms with Gasteiger partial charge >= 0.3 is 18.0 Å². The van der Waals surface area contributed by atoms with Crippen LogP contribution < -0.4 is 15.4 Å². The van der Waals surface area contributed by atoms with Crippen molar-refractivity contribution < 1.29 is 33.0 Å². The number of nitrogens with one attached hydrogen (secondary N) is 3. The number of hydrogen-bond donors (Lipinski definition) is 5. The van der Waals surface area contributed by atoms with Gasteiger partial charge in [-0.2, -0.15) is 0 Å². The molecular formula is C9H17N3O7S. The van der Waals surface area contributed by atoms with E-state index in [-0.39, 0.29) is 18.7 Å². The Bertz CT molecular complexity index is 462. The van der Waals surface area contributed by atoms with Gasteiger partial charge in [0.05, 0.1) is 5.75 Å². The van der Waals surface area contributed by atoms with Gasteiger partial charge in [0.1, 0.15) is 6.04 Å². The van der Waals surface area contributed by atoms with Crippen LogP contribution in [-0.2, 0) is 19.6 Å². The minimum Gasteiger partial charge on any atom is -0.481 e. The molecule has 0 aliphatic heterocycles. The molecule has 0 saturated heterocycles. The molecule has 20 heavy (non-hydrogen) atoms. The van der Waals surface area contributed by atoms with Crippen molar-refractivity contribution in [1.29, 1.82) is 0 Å².